The highest BCUT2D eigenvalue weighted by molar-refractivity contribution is 7.00. The average molecular weight is 167 g/mol. The Bertz CT molecular complexity index is 17.7. The standard InChI is InChI=1S/C2H6O.2ClH.HOP/c1-3-2;;;1-2/h1-2H3;2*1H;2H. The van der Waals surface area contributed by atoms with Crippen LogP contribution in [-0.4, -0.2) is 14.2 Å². The Kier molecular flexibility index (Phi) is 285. The number of methoxy groups -OCH3 is 1. The lowest BCUT2D eigenvalue weighted by Crippen LogP contribution is -1.55. The second-order valence-corrected chi connectivity index (χ2v) is 0.408. The van der Waals surface area contributed by atoms with Gasteiger partial charge in [0.15, 0.2) is 0 Å². The fraction of sp³-hybridized carbons (Fsp3) is 1.00. The monoisotopic (exact) mass is 166 g/mol. The van der Waals surface area contributed by atoms with E-state index in [2.05, 4.69) is 4.74 Å². The normalized spacial score (nSPS) is 3.14. The van der Waals surface area contributed by atoms with Gasteiger partial charge in [0.2, 0.25) is 0 Å². The summed E-state index contributed by atoms with van der Waals surface area (Å²) in [6.45, 7) is 0. The number of ether oxygens (including phenoxy) is 1. The third kappa shape index (κ3) is 349. The molecule has 0 aliphatic carbocycles. The second-order valence-electron chi connectivity index (χ2n) is 0.408. The van der Waals surface area contributed by atoms with Crippen LogP contribution in [0.2, 0.25) is 0 Å². The Balaban J connectivity index is -0.0000000105. The zero-order valence-electron chi connectivity index (χ0n) is 4.13. The van der Waals surface area contributed by atoms with E-state index in [9.17, 15) is 0 Å². The molecule has 0 unspecified atom stereocenters. The largest absolute Gasteiger partial charge is 0.388 e. The van der Waals surface area contributed by atoms with Crippen molar-refractivity contribution in [2.45, 2.75) is 0 Å². The molecule has 0 radical (unpaired) electrons. The van der Waals surface area contributed by atoms with Gasteiger partial charge in [0.05, 0.1) is 0 Å². The van der Waals surface area contributed by atoms with Crippen molar-refractivity contribution in [2.75, 3.05) is 14.2 Å². The van der Waals surface area contributed by atoms with Crippen LogP contribution in [0, 0.1) is 0 Å². The van der Waals surface area contributed by atoms with Crippen LogP contribution in [0.5, 0.6) is 0 Å². The van der Waals surface area contributed by atoms with Crippen LogP contribution in [0.15, 0.2) is 0 Å². The van der Waals surface area contributed by atoms with Crippen LogP contribution in [0.1, 0.15) is 0 Å². The summed E-state index contributed by atoms with van der Waals surface area (Å²) in [5, 5.41) is 0. The van der Waals surface area contributed by atoms with Gasteiger partial charge in [-0.25, -0.2) is 0 Å². The van der Waals surface area contributed by atoms with E-state index in [0.29, 0.717) is 0 Å². The topological polar surface area (TPSA) is 26.3 Å². The molecule has 0 saturated heterocycles. The summed E-state index contributed by atoms with van der Waals surface area (Å²) in [7, 11) is 4.97. The highest BCUT2D eigenvalue weighted by Crippen LogP contribution is 1.28. The van der Waals surface area contributed by atoms with Gasteiger partial charge in [-0.05, 0) is 0 Å². The van der Waals surface area contributed by atoms with Gasteiger partial charge in [-0.3, -0.25) is 4.57 Å². The van der Waals surface area contributed by atoms with Crippen molar-refractivity contribution >= 4 is 33.9 Å². The first kappa shape index (κ1) is 25.4. The third-order valence-corrected chi connectivity index (χ3v) is 0. The van der Waals surface area contributed by atoms with Crippen molar-refractivity contribution < 1.29 is 9.30 Å². The first-order chi connectivity index (χ1) is 2.41. The maximum absolute atomic E-state index is 8.06. The molecular weight excluding hydrogens is 158 g/mol. The molecule has 0 atom stereocenters. The summed E-state index contributed by atoms with van der Waals surface area (Å²) >= 11 is 0. The first-order valence-electron chi connectivity index (χ1n) is 1.02. The van der Waals surface area contributed by atoms with Crippen LogP contribution in [0.3, 0.4) is 0 Å². The van der Waals surface area contributed by atoms with Gasteiger partial charge in [-0.15, -0.1) is 24.8 Å². The lowest BCUT2D eigenvalue weighted by atomic mass is 11.6. The molecule has 7 heavy (non-hydrogen) atoms. The number of rotatable bonds is 0. The Morgan fingerprint density at radius 2 is 1.14 bits per heavy atom. The van der Waals surface area contributed by atoms with E-state index in [1.807, 2.05) is 0 Å². The fourth-order valence-corrected chi connectivity index (χ4v) is 0. The van der Waals surface area contributed by atoms with Gasteiger partial charge >= 0.3 is 0 Å². The van der Waals surface area contributed by atoms with Gasteiger partial charge in [0.1, 0.15) is 9.12 Å². The van der Waals surface area contributed by atoms with Crippen molar-refractivity contribution in [3.8, 4) is 0 Å². The number of halogens is 2. The predicted molar refractivity (Wildman–Crippen MR) is 36.4 cm³/mol. The lowest BCUT2D eigenvalue weighted by Gasteiger charge is -1.61. The van der Waals surface area contributed by atoms with Gasteiger partial charge < -0.3 is 4.74 Å². The summed E-state index contributed by atoms with van der Waals surface area (Å²) in [6, 6.07) is 0. The summed E-state index contributed by atoms with van der Waals surface area (Å²) in [4.78, 5) is 0. The minimum absolute atomic E-state index is 0. The van der Waals surface area contributed by atoms with Gasteiger partial charge in [0.25, 0.3) is 0 Å². The molecule has 0 saturated carbocycles. The maximum Gasteiger partial charge on any atom is 0.138 e. The molecule has 2 nitrogen and oxygen atoms in total. The van der Waals surface area contributed by atoms with Crippen LogP contribution in [0.25, 0.3) is 0 Å². The molecule has 0 aromatic carbocycles. The van der Waals surface area contributed by atoms with E-state index in [0.717, 1.165) is 0 Å². The Labute approximate surface area is 58.1 Å². The quantitative estimate of drug-likeness (QED) is 0.512. The molecule has 0 aromatic heterocycles. The molecule has 0 heterocycles. The molecule has 0 fully saturated rings. The summed E-state index contributed by atoms with van der Waals surface area (Å²) in [6.07, 6.45) is 0. The lowest BCUT2D eigenvalue weighted by molar-refractivity contribution is 0.277. The van der Waals surface area contributed by atoms with Gasteiger partial charge in [-0.2, -0.15) is 0 Å². The smallest absolute Gasteiger partial charge is 0.138 e. The first-order valence-corrected chi connectivity index (χ1v) is 1.43. The predicted octanol–water partition coefficient (Wildman–Crippen LogP) is 1.58. The third-order valence-electron chi connectivity index (χ3n) is 0. The molecule has 5 heteroatoms. The van der Waals surface area contributed by atoms with E-state index in [-0.39, 0.29) is 24.8 Å². The zero-order valence-corrected chi connectivity index (χ0v) is 6.77. The van der Waals surface area contributed by atoms with Crippen LogP contribution in [0.4, 0.5) is 0 Å². The Hall–Kier alpha value is 0.640. The molecule has 0 aliphatic rings. The minimum Gasteiger partial charge on any atom is -0.388 e. The van der Waals surface area contributed by atoms with Crippen LogP contribution >= 0.6 is 33.9 Å². The maximum atomic E-state index is 8.06. The Morgan fingerprint density at radius 3 is 1.14 bits per heavy atom. The van der Waals surface area contributed by atoms with Crippen LogP contribution in [-0.2, 0) is 9.30 Å². The summed E-state index contributed by atoms with van der Waals surface area (Å²) in [5.74, 6) is 0. The van der Waals surface area contributed by atoms with E-state index < -0.39 is 0 Å². The average Bonchev–Trinajstić information content (AvgIpc) is 1.46. The van der Waals surface area contributed by atoms with Crippen molar-refractivity contribution in [3.63, 3.8) is 0 Å². The highest BCUT2D eigenvalue weighted by atomic mass is 35.5. The van der Waals surface area contributed by atoms with E-state index >= 15 is 0 Å². The van der Waals surface area contributed by atoms with E-state index in [4.69, 9.17) is 4.57 Å². The number of hydrogen-bond donors (Lipinski definition) is 0. The minimum atomic E-state index is 0. The molecule has 0 aromatic rings. The molecule has 0 spiro atoms. The van der Waals surface area contributed by atoms with E-state index in [1.165, 1.54) is 0 Å². The van der Waals surface area contributed by atoms with Crippen LogP contribution < -0.4 is 0 Å². The van der Waals surface area contributed by atoms with E-state index in [1.54, 1.807) is 23.3 Å². The number of hydrogen-bond acceptors (Lipinski definition) is 2. The zero-order chi connectivity index (χ0) is 4.71. The summed E-state index contributed by atoms with van der Waals surface area (Å²) < 4.78 is 12.3. The Morgan fingerprint density at radius 1 is 1.14 bits per heavy atom. The van der Waals surface area contributed by atoms with Crippen molar-refractivity contribution in [3.05, 3.63) is 0 Å². The molecule has 0 rings (SSSR count). The summed E-state index contributed by atoms with van der Waals surface area (Å²) in [5.41, 5.74) is 0. The molecule has 0 bridgehead atoms. The molecule has 0 amide bonds. The molecule has 48 valence electrons. The van der Waals surface area contributed by atoms with Crippen molar-refractivity contribution in [2.24, 2.45) is 0 Å². The molecule has 0 N–H and O–H groups in total. The van der Waals surface area contributed by atoms with Crippen molar-refractivity contribution in [1.82, 2.24) is 0 Å². The SMILES string of the molecule is COC.Cl.Cl.O=P. The second kappa shape index (κ2) is 78.5. The fourth-order valence-electron chi connectivity index (χ4n) is 0. The van der Waals surface area contributed by atoms with Gasteiger partial charge in [0, 0.05) is 14.2 Å². The van der Waals surface area contributed by atoms with Gasteiger partial charge in [-0.1, -0.05) is 0 Å². The molecule has 0 aliphatic heterocycles. The molecular formula is C2H9Cl2O2P. The highest BCUT2D eigenvalue weighted by Gasteiger charge is 1.25. The van der Waals surface area contributed by atoms with Crippen molar-refractivity contribution in [1.29, 1.82) is 0 Å².